The summed E-state index contributed by atoms with van der Waals surface area (Å²) in [4.78, 5) is 14.8. The minimum atomic E-state index is -0.546. The molecule has 1 heterocycles. The van der Waals surface area contributed by atoms with Crippen LogP contribution in [0.15, 0.2) is 41.8 Å². The van der Waals surface area contributed by atoms with Crippen LogP contribution >= 0.6 is 11.3 Å². The minimum Gasteiger partial charge on any atom is -0.389 e. The van der Waals surface area contributed by atoms with Crippen LogP contribution in [0.3, 0.4) is 0 Å². The quantitative estimate of drug-likeness (QED) is 0.906. The Morgan fingerprint density at radius 1 is 1.40 bits per heavy atom. The topological polar surface area (TPSA) is 52.6 Å². The number of nitrogens with one attached hydrogen (secondary N) is 1. The second kappa shape index (κ2) is 6.54. The highest BCUT2D eigenvalue weighted by Gasteiger charge is 2.10. The molecule has 1 aromatic carbocycles. The molecule has 0 radical (unpaired) electrons. The second-order valence-electron chi connectivity index (χ2n) is 4.67. The van der Waals surface area contributed by atoms with Crippen LogP contribution in [0.25, 0.3) is 0 Å². The second-order valence-corrected chi connectivity index (χ2v) is 5.70. The number of urea groups is 1. The summed E-state index contributed by atoms with van der Waals surface area (Å²) in [6.07, 6.45) is -0.546. The molecule has 2 amide bonds. The third kappa shape index (κ3) is 3.82. The summed E-state index contributed by atoms with van der Waals surface area (Å²) < 4.78 is 0. The number of carbonyl (C=O) groups excluding carboxylic acids is 1. The van der Waals surface area contributed by atoms with Crippen molar-refractivity contribution in [1.29, 1.82) is 0 Å². The Labute approximate surface area is 122 Å². The maximum atomic E-state index is 12.1. The lowest BCUT2D eigenvalue weighted by Crippen LogP contribution is -2.30. The van der Waals surface area contributed by atoms with E-state index >= 15 is 0 Å². The smallest absolute Gasteiger partial charge is 0.321 e. The summed E-state index contributed by atoms with van der Waals surface area (Å²) >= 11 is 1.63. The van der Waals surface area contributed by atoms with Crippen molar-refractivity contribution in [1.82, 2.24) is 4.90 Å². The van der Waals surface area contributed by atoms with Gasteiger partial charge in [0, 0.05) is 17.6 Å². The number of benzene rings is 1. The molecule has 0 aliphatic carbocycles. The number of anilines is 1. The monoisotopic (exact) mass is 290 g/mol. The maximum absolute atomic E-state index is 12.1. The Bertz CT molecular complexity index is 567. The summed E-state index contributed by atoms with van der Waals surface area (Å²) in [6.45, 7) is 2.28. The lowest BCUT2D eigenvalue weighted by atomic mass is 10.1. The predicted molar refractivity (Wildman–Crippen MR) is 81.9 cm³/mol. The van der Waals surface area contributed by atoms with Gasteiger partial charge in [0.05, 0.1) is 12.6 Å². The third-order valence-corrected chi connectivity index (χ3v) is 3.80. The molecule has 2 rings (SSSR count). The van der Waals surface area contributed by atoms with Crippen molar-refractivity contribution < 1.29 is 9.90 Å². The van der Waals surface area contributed by atoms with Gasteiger partial charge >= 0.3 is 6.03 Å². The van der Waals surface area contributed by atoms with E-state index in [9.17, 15) is 9.90 Å². The van der Waals surface area contributed by atoms with E-state index in [2.05, 4.69) is 5.32 Å². The molecular formula is C15H18N2O2S. The lowest BCUT2D eigenvalue weighted by Gasteiger charge is -2.17. The zero-order valence-corrected chi connectivity index (χ0v) is 12.4. The van der Waals surface area contributed by atoms with Gasteiger partial charge in [0.1, 0.15) is 0 Å². The number of aliphatic hydroxyl groups is 1. The van der Waals surface area contributed by atoms with E-state index in [-0.39, 0.29) is 6.03 Å². The van der Waals surface area contributed by atoms with Crippen molar-refractivity contribution in [3.8, 4) is 0 Å². The Morgan fingerprint density at radius 2 is 2.20 bits per heavy atom. The van der Waals surface area contributed by atoms with E-state index in [1.54, 1.807) is 36.3 Å². The third-order valence-electron chi connectivity index (χ3n) is 2.94. The van der Waals surface area contributed by atoms with Gasteiger partial charge in [-0.15, -0.1) is 11.3 Å². The number of thiophene rings is 1. The molecule has 0 fully saturated rings. The molecule has 1 unspecified atom stereocenters. The van der Waals surface area contributed by atoms with Gasteiger partial charge in [0.15, 0.2) is 0 Å². The molecule has 2 aromatic rings. The van der Waals surface area contributed by atoms with Gasteiger partial charge in [-0.3, -0.25) is 0 Å². The summed E-state index contributed by atoms with van der Waals surface area (Å²) in [5, 5.41) is 14.4. The Hall–Kier alpha value is -1.85. The Kier molecular flexibility index (Phi) is 4.76. The number of aliphatic hydroxyl groups excluding tert-OH is 1. The first kappa shape index (κ1) is 14.6. The number of nitrogens with zero attached hydrogens (tertiary/aromatic N) is 1. The van der Waals surface area contributed by atoms with E-state index in [1.165, 1.54) is 0 Å². The van der Waals surface area contributed by atoms with E-state index in [1.807, 2.05) is 35.7 Å². The van der Waals surface area contributed by atoms with Crippen molar-refractivity contribution >= 4 is 23.1 Å². The van der Waals surface area contributed by atoms with E-state index < -0.39 is 6.10 Å². The van der Waals surface area contributed by atoms with Crippen LogP contribution in [-0.4, -0.2) is 23.1 Å². The lowest BCUT2D eigenvalue weighted by molar-refractivity contribution is 0.199. The van der Waals surface area contributed by atoms with Crippen molar-refractivity contribution in [2.75, 3.05) is 12.4 Å². The highest BCUT2D eigenvalue weighted by molar-refractivity contribution is 7.09. The molecule has 5 heteroatoms. The van der Waals surface area contributed by atoms with Crippen LogP contribution in [0.1, 0.15) is 23.5 Å². The largest absolute Gasteiger partial charge is 0.389 e. The van der Waals surface area contributed by atoms with Gasteiger partial charge in [-0.2, -0.15) is 0 Å². The highest BCUT2D eigenvalue weighted by Crippen LogP contribution is 2.18. The number of amides is 2. The fourth-order valence-corrected chi connectivity index (χ4v) is 2.56. The van der Waals surface area contributed by atoms with Crippen molar-refractivity contribution in [3.05, 3.63) is 52.2 Å². The average Bonchev–Trinajstić information content (AvgIpc) is 2.91. The molecule has 0 spiro atoms. The molecule has 0 bridgehead atoms. The first-order chi connectivity index (χ1) is 9.56. The fraction of sp³-hybridized carbons (Fsp3) is 0.267. The molecule has 1 atom stereocenters. The van der Waals surface area contributed by atoms with Gasteiger partial charge in [-0.25, -0.2) is 4.79 Å². The van der Waals surface area contributed by atoms with Crippen LogP contribution in [0.2, 0.25) is 0 Å². The molecule has 1 aromatic heterocycles. The highest BCUT2D eigenvalue weighted by atomic mass is 32.1. The van der Waals surface area contributed by atoms with Crippen LogP contribution in [0.4, 0.5) is 10.5 Å². The molecule has 0 aliphatic heterocycles. The van der Waals surface area contributed by atoms with Gasteiger partial charge in [0.25, 0.3) is 0 Å². The average molecular weight is 290 g/mol. The SMILES string of the molecule is CC(O)c1cccc(NC(=O)N(C)Cc2cccs2)c1. The van der Waals surface area contributed by atoms with E-state index in [0.717, 1.165) is 10.4 Å². The first-order valence-electron chi connectivity index (χ1n) is 6.39. The zero-order chi connectivity index (χ0) is 14.5. The van der Waals surface area contributed by atoms with Crippen LogP contribution in [-0.2, 0) is 6.54 Å². The van der Waals surface area contributed by atoms with Crippen LogP contribution < -0.4 is 5.32 Å². The van der Waals surface area contributed by atoms with Crippen molar-refractivity contribution in [2.45, 2.75) is 19.6 Å². The van der Waals surface area contributed by atoms with Crippen LogP contribution in [0.5, 0.6) is 0 Å². The standard InChI is InChI=1S/C15H18N2O2S/c1-11(18)12-5-3-6-13(9-12)16-15(19)17(2)10-14-7-4-8-20-14/h3-9,11,18H,10H2,1-2H3,(H,16,19). The van der Waals surface area contributed by atoms with Gasteiger partial charge < -0.3 is 15.3 Å². The van der Waals surface area contributed by atoms with Gasteiger partial charge in [-0.1, -0.05) is 18.2 Å². The molecule has 106 valence electrons. The Balaban J connectivity index is 1.98. The summed E-state index contributed by atoms with van der Waals surface area (Å²) in [5.74, 6) is 0. The van der Waals surface area contributed by atoms with Gasteiger partial charge in [0.2, 0.25) is 0 Å². The molecule has 2 N–H and O–H groups in total. The summed E-state index contributed by atoms with van der Waals surface area (Å²) in [5.41, 5.74) is 1.47. The van der Waals surface area contributed by atoms with Crippen LogP contribution in [0, 0.1) is 0 Å². The molecular weight excluding hydrogens is 272 g/mol. The van der Waals surface area contributed by atoms with Crippen molar-refractivity contribution in [3.63, 3.8) is 0 Å². The molecule has 20 heavy (non-hydrogen) atoms. The van der Waals surface area contributed by atoms with Gasteiger partial charge in [-0.05, 0) is 36.1 Å². The molecule has 0 saturated carbocycles. The number of hydrogen-bond donors (Lipinski definition) is 2. The first-order valence-corrected chi connectivity index (χ1v) is 7.27. The number of rotatable bonds is 4. The summed E-state index contributed by atoms with van der Waals surface area (Å²) in [6, 6.07) is 11.0. The zero-order valence-electron chi connectivity index (χ0n) is 11.5. The Morgan fingerprint density at radius 3 is 2.85 bits per heavy atom. The van der Waals surface area contributed by atoms with E-state index in [0.29, 0.717) is 12.2 Å². The number of carbonyl (C=O) groups is 1. The fourth-order valence-electron chi connectivity index (χ4n) is 1.80. The molecule has 0 aliphatic rings. The summed E-state index contributed by atoms with van der Waals surface area (Å²) in [7, 11) is 1.76. The number of hydrogen-bond acceptors (Lipinski definition) is 3. The molecule has 0 saturated heterocycles. The normalized spacial score (nSPS) is 11.9. The predicted octanol–water partition coefficient (Wildman–Crippen LogP) is 3.47. The minimum absolute atomic E-state index is 0.166. The maximum Gasteiger partial charge on any atom is 0.321 e. The van der Waals surface area contributed by atoms with Crippen molar-refractivity contribution in [2.24, 2.45) is 0 Å². The molecule has 4 nitrogen and oxygen atoms in total. The van der Waals surface area contributed by atoms with E-state index in [4.69, 9.17) is 0 Å².